The third kappa shape index (κ3) is 3.48. The Labute approximate surface area is 212 Å². The summed E-state index contributed by atoms with van der Waals surface area (Å²) >= 11 is 0. The summed E-state index contributed by atoms with van der Waals surface area (Å²) in [5.41, 5.74) is -0.393. The lowest BCUT2D eigenvalue weighted by Crippen LogP contribution is -2.60. The van der Waals surface area contributed by atoms with Gasteiger partial charge in [-0.05, 0) is 79.9 Å². The van der Waals surface area contributed by atoms with E-state index in [1.54, 1.807) is 18.0 Å². The molecule has 194 valence electrons. The molecular weight excluding hydrogens is 459 g/mol. The van der Waals surface area contributed by atoms with Crippen molar-refractivity contribution in [1.29, 1.82) is 0 Å². The molecule has 0 aromatic heterocycles. The Kier molecular flexibility index (Phi) is 5.61. The van der Waals surface area contributed by atoms with Crippen molar-refractivity contribution >= 4 is 11.8 Å². The molecule has 2 amide bonds. The van der Waals surface area contributed by atoms with Crippen LogP contribution >= 0.6 is 0 Å². The average molecular weight is 497 g/mol. The molecule has 3 saturated carbocycles. The van der Waals surface area contributed by atoms with Gasteiger partial charge in [0.25, 0.3) is 5.91 Å². The van der Waals surface area contributed by atoms with E-state index in [1.165, 1.54) is 0 Å². The lowest BCUT2D eigenvalue weighted by Gasteiger charge is -2.60. The normalized spacial score (nSPS) is 41.1. The first-order chi connectivity index (χ1) is 17.2. The molecule has 3 aliphatic carbocycles. The predicted octanol–water partition coefficient (Wildman–Crippen LogP) is 4.50. The maximum atomic E-state index is 14.6. The van der Waals surface area contributed by atoms with Gasteiger partial charge in [0.05, 0.1) is 6.54 Å². The summed E-state index contributed by atoms with van der Waals surface area (Å²) < 4.78 is 26.5. The molecule has 0 saturated heterocycles. The second-order valence-corrected chi connectivity index (χ2v) is 12.2. The number of likely N-dealkylation sites (N-methyl/N-ethyl adjacent to an activating group) is 1. The van der Waals surface area contributed by atoms with Gasteiger partial charge in [-0.15, -0.1) is 0 Å². The Morgan fingerprint density at radius 3 is 2.69 bits per heavy atom. The van der Waals surface area contributed by atoms with Gasteiger partial charge in [-0.25, -0.2) is 4.39 Å². The number of nitrogens with zero attached hydrogens (tertiary/aromatic N) is 1. The maximum absolute atomic E-state index is 14.6. The van der Waals surface area contributed by atoms with Crippen molar-refractivity contribution in [2.45, 2.75) is 64.5 Å². The number of hydrogen-bond acceptors (Lipinski definition) is 4. The molecule has 0 spiro atoms. The monoisotopic (exact) mass is 496 g/mol. The topological polar surface area (TPSA) is 67.9 Å². The van der Waals surface area contributed by atoms with Crippen LogP contribution in [0.3, 0.4) is 0 Å². The van der Waals surface area contributed by atoms with Gasteiger partial charge in [-0.2, -0.15) is 0 Å². The quantitative estimate of drug-likeness (QED) is 0.669. The van der Waals surface area contributed by atoms with E-state index in [0.717, 1.165) is 50.0 Å². The first-order valence-electron chi connectivity index (χ1n) is 13.5. The summed E-state index contributed by atoms with van der Waals surface area (Å²) in [6, 6.07) is 7.67. The molecule has 36 heavy (non-hydrogen) atoms. The second kappa shape index (κ2) is 8.49. The van der Waals surface area contributed by atoms with E-state index < -0.39 is 11.7 Å². The number of amides is 2. The van der Waals surface area contributed by atoms with Gasteiger partial charge in [0, 0.05) is 24.4 Å². The Morgan fingerprint density at radius 2 is 1.89 bits per heavy atom. The van der Waals surface area contributed by atoms with Crippen LogP contribution in [-0.4, -0.2) is 49.1 Å². The fourth-order valence-corrected chi connectivity index (χ4v) is 8.76. The van der Waals surface area contributed by atoms with Crippen molar-refractivity contribution in [1.82, 2.24) is 10.2 Å². The Morgan fingerprint density at radius 1 is 1.11 bits per heavy atom. The summed E-state index contributed by atoms with van der Waals surface area (Å²) in [6.45, 7) is 5.32. The van der Waals surface area contributed by atoms with Crippen molar-refractivity contribution in [2.75, 3.05) is 20.2 Å². The molecule has 6 rings (SSSR count). The molecule has 1 N–H and O–H groups in total. The SMILES string of the molecule is CN1C(=O)C(F)=C[C@]2(C)[C@H]3CC[C@]4(C)[C@@H](C(=O)NC[C@H]5COc6ccccc6O5)CC[C@H]4[C@@H]3CC[C@@H]12. The number of benzene rings is 1. The van der Waals surface area contributed by atoms with E-state index in [1.807, 2.05) is 24.3 Å². The molecule has 0 radical (unpaired) electrons. The zero-order chi connectivity index (χ0) is 25.2. The van der Waals surface area contributed by atoms with Gasteiger partial charge in [0.15, 0.2) is 17.3 Å². The standard InChI is InChI=1S/C29H37FN2O4/c1-28-13-12-20-18(8-11-25-29(20,2)14-22(30)27(34)32(25)3)19(28)9-10-21(28)26(33)31-15-17-16-35-23-6-4-5-7-24(23)36-17/h4-7,14,17-21,25H,8-13,15-16H2,1-3H3,(H,31,33)/t17-,18-,19-,20-,21+,25+,28-,29+/m0/s1. The predicted molar refractivity (Wildman–Crippen MR) is 133 cm³/mol. The number of halogens is 1. The number of carbonyl (C=O) groups is 2. The van der Waals surface area contributed by atoms with Gasteiger partial charge in [-0.1, -0.05) is 26.0 Å². The van der Waals surface area contributed by atoms with Crippen LogP contribution in [0.25, 0.3) is 0 Å². The number of rotatable bonds is 3. The zero-order valence-electron chi connectivity index (χ0n) is 21.5. The molecule has 1 aromatic carbocycles. The number of fused-ring (bicyclic) bond motifs is 6. The van der Waals surface area contributed by atoms with Crippen LogP contribution in [0, 0.1) is 34.5 Å². The summed E-state index contributed by atoms with van der Waals surface area (Å²) in [5.74, 6) is 1.72. The number of carbonyl (C=O) groups excluding carboxylic acids is 2. The van der Waals surface area contributed by atoms with Gasteiger partial charge < -0.3 is 19.7 Å². The first kappa shape index (κ1) is 23.8. The number of ether oxygens (including phenoxy) is 2. The van der Waals surface area contributed by atoms with Crippen LogP contribution in [-0.2, 0) is 9.59 Å². The highest BCUT2D eigenvalue weighted by molar-refractivity contribution is 5.92. The molecule has 7 heteroatoms. The minimum absolute atomic E-state index is 0.0198. The molecule has 2 aliphatic heterocycles. The summed E-state index contributed by atoms with van der Waals surface area (Å²) in [6.07, 6.45) is 7.24. The third-order valence-corrected chi connectivity index (χ3v) is 10.5. The van der Waals surface area contributed by atoms with E-state index in [4.69, 9.17) is 9.47 Å². The molecule has 5 aliphatic rings. The molecule has 0 unspecified atom stereocenters. The fraction of sp³-hybridized carbons (Fsp3) is 0.655. The number of para-hydroxylation sites is 2. The van der Waals surface area contributed by atoms with Crippen LogP contribution in [0.2, 0.25) is 0 Å². The van der Waals surface area contributed by atoms with Gasteiger partial charge in [-0.3, -0.25) is 9.59 Å². The van der Waals surface area contributed by atoms with Crippen LogP contribution in [0.1, 0.15) is 52.4 Å². The van der Waals surface area contributed by atoms with Crippen LogP contribution in [0.15, 0.2) is 36.2 Å². The van der Waals surface area contributed by atoms with E-state index >= 15 is 0 Å². The van der Waals surface area contributed by atoms with Crippen molar-refractivity contribution < 1.29 is 23.5 Å². The van der Waals surface area contributed by atoms with Crippen LogP contribution in [0.4, 0.5) is 4.39 Å². The maximum Gasteiger partial charge on any atom is 0.282 e. The Bertz CT molecular complexity index is 1110. The summed E-state index contributed by atoms with van der Waals surface area (Å²) in [5, 5.41) is 3.18. The van der Waals surface area contributed by atoms with Crippen LogP contribution < -0.4 is 14.8 Å². The fourth-order valence-electron chi connectivity index (χ4n) is 8.76. The Balaban J connectivity index is 1.14. The Hall–Kier alpha value is -2.57. The van der Waals surface area contributed by atoms with Crippen molar-refractivity contribution in [3.63, 3.8) is 0 Å². The number of hydrogen-bond donors (Lipinski definition) is 1. The number of nitrogens with one attached hydrogen (secondary N) is 1. The second-order valence-electron chi connectivity index (χ2n) is 12.2. The highest BCUT2D eigenvalue weighted by atomic mass is 19.1. The van der Waals surface area contributed by atoms with Gasteiger partial charge in [0.1, 0.15) is 12.7 Å². The molecule has 6 nitrogen and oxygen atoms in total. The molecule has 8 atom stereocenters. The lowest BCUT2D eigenvalue weighted by atomic mass is 9.47. The minimum Gasteiger partial charge on any atom is -0.486 e. The zero-order valence-corrected chi connectivity index (χ0v) is 21.5. The highest BCUT2D eigenvalue weighted by Gasteiger charge is 2.62. The summed E-state index contributed by atoms with van der Waals surface area (Å²) in [7, 11) is 1.75. The van der Waals surface area contributed by atoms with Crippen molar-refractivity contribution in [2.24, 2.45) is 34.5 Å². The lowest BCUT2D eigenvalue weighted by molar-refractivity contribution is -0.145. The smallest absolute Gasteiger partial charge is 0.282 e. The summed E-state index contributed by atoms with van der Waals surface area (Å²) in [4.78, 5) is 27.4. The van der Waals surface area contributed by atoms with E-state index in [-0.39, 0.29) is 34.8 Å². The molecule has 0 bridgehead atoms. The van der Waals surface area contributed by atoms with Gasteiger partial charge >= 0.3 is 0 Å². The van der Waals surface area contributed by atoms with Crippen LogP contribution in [0.5, 0.6) is 11.5 Å². The highest BCUT2D eigenvalue weighted by Crippen LogP contribution is 2.65. The van der Waals surface area contributed by atoms with E-state index in [2.05, 4.69) is 19.2 Å². The average Bonchev–Trinajstić information content (AvgIpc) is 3.23. The molecule has 3 fully saturated rings. The molecule has 2 heterocycles. The first-order valence-corrected chi connectivity index (χ1v) is 13.5. The largest absolute Gasteiger partial charge is 0.486 e. The van der Waals surface area contributed by atoms with E-state index in [9.17, 15) is 14.0 Å². The van der Waals surface area contributed by atoms with Gasteiger partial charge in [0.2, 0.25) is 5.91 Å². The molecule has 1 aromatic rings. The third-order valence-electron chi connectivity index (χ3n) is 10.5. The minimum atomic E-state index is -0.606. The van der Waals surface area contributed by atoms with Crippen molar-refractivity contribution in [3.8, 4) is 11.5 Å². The van der Waals surface area contributed by atoms with E-state index in [0.29, 0.717) is 30.9 Å². The molecular formula is C29H37FN2O4. The van der Waals surface area contributed by atoms with Crippen molar-refractivity contribution in [3.05, 3.63) is 36.2 Å².